The van der Waals surface area contributed by atoms with Crippen molar-refractivity contribution in [3.05, 3.63) is 93.6 Å². The molecule has 0 bridgehead atoms. The minimum atomic E-state index is -0.587. The van der Waals surface area contributed by atoms with Crippen LogP contribution in [-0.4, -0.2) is 37.7 Å². The molecule has 0 saturated carbocycles. The smallest absolute Gasteiger partial charge is 0.354 e. The third-order valence-corrected chi connectivity index (χ3v) is 5.09. The number of amides is 1. The molecule has 0 unspecified atom stereocenters. The van der Waals surface area contributed by atoms with Gasteiger partial charge in [0.25, 0.3) is 17.4 Å². The molecule has 31 heavy (non-hydrogen) atoms. The molecule has 0 radical (unpaired) electrons. The maximum atomic E-state index is 13.2. The Morgan fingerprint density at radius 1 is 1.16 bits per heavy atom. The molecule has 0 spiro atoms. The molecule has 0 fully saturated rings. The summed E-state index contributed by atoms with van der Waals surface area (Å²) in [5.74, 6) is -0.805. The largest absolute Gasteiger partial charge is 0.477 e. The summed E-state index contributed by atoms with van der Waals surface area (Å²) >= 11 is 5.87. The highest BCUT2D eigenvalue weighted by atomic mass is 35.5. The predicted molar refractivity (Wildman–Crippen MR) is 113 cm³/mol. The molecule has 4 aromatic rings. The van der Waals surface area contributed by atoms with E-state index >= 15 is 0 Å². The van der Waals surface area contributed by atoms with Crippen molar-refractivity contribution in [2.24, 2.45) is 0 Å². The molecule has 2 N–H and O–H groups in total. The summed E-state index contributed by atoms with van der Waals surface area (Å²) in [6.07, 6.45) is 3.22. The zero-order valence-corrected chi connectivity index (χ0v) is 17.2. The van der Waals surface area contributed by atoms with Crippen LogP contribution in [0.15, 0.2) is 71.8 Å². The molecule has 9 heteroatoms. The standard InChI is InChI=1S/C22H17ClN4O4/c1-25(31)20(28)16-8-6-15(7-9-16)19-21(29)26-11-3-2-4-18(26)27(22(19)30)13-14-5-10-17(23)24-12-14/h2-12,31H,13H2,1H3/p+1. The van der Waals surface area contributed by atoms with Crippen LogP contribution in [0.5, 0.6) is 5.88 Å². The lowest BCUT2D eigenvalue weighted by atomic mass is 10.1. The van der Waals surface area contributed by atoms with E-state index in [-0.39, 0.29) is 23.6 Å². The van der Waals surface area contributed by atoms with Crippen LogP contribution >= 0.6 is 11.6 Å². The number of aromatic nitrogens is 3. The SMILES string of the molecule is CN(O)C(=O)c1ccc(-c2c(O)[n+](Cc3ccc(Cl)nc3)c3ccccn3c2=O)cc1. The van der Waals surface area contributed by atoms with Crippen molar-refractivity contribution in [1.82, 2.24) is 14.4 Å². The van der Waals surface area contributed by atoms with E-state index in [2.05, 4.69) is 4.98 Å². The van der Waals surface area contributed by atoms with E-state index < -0.39 is 11.5 Å². The van der Waals surface area contributed by atoms with Crippen LogP contribution in [0.1, 0.15) is 15.9 Å². The molecule has 1 amide bonds. The maximum absolute atomic E-state index is 13.2. The van der Waals surface area contributed by atoms with E-state index in [1.54, 1.807) is 59.4 Å². The number of hydrogen-bond acceptors (Lipinski definition) is 5. The second kappa shape index (κ2) is 8.17. The highest BCUT2D eigenvalue weighted by molar-refractivity contribution is 6.29. The molecular formula is C22H18ClN4O4+. The Morgan fingerprint density at radius 3 is 2.55 bits per heavy atom. The average molecular weight is 438 g/mol. The third-order valence-electron chi connectivity index (χ3n) is 4.87. The Labute approximate surface area is 181 Å². The van der Waals surface area contributed by atoms with Gasteiger partial charge in [-0.05, 0) is 29.8 Å². The number of rotatable bonds is 4. The number of carbonyl (C=O) groups excluding carboxylic acids is 1. The van der Waals surface area contributed by atoms with Gasteiger partial charge in [-0.25, -0.2) is 14.8 Å². The molecule has 3 aromatic heterocycles. The lowest BCUT2D eigenvalue weighted by molar-refractivity contribution is -0.671. The second-order valence-electron chi connectivity index (χ2n) is 6.91. The average Bonchev–Trinajstić information content (AvgIpc) is 2.78. The zero-order chi connectivity index (χ0) is 22.1. The Hall–Kier alpha value is -3.75. The van der Waals surface area contributed by atoms with Gasteiger partial charge in [0.15, 0.2) is 5.56 Å². The van der Waals surface area contributed by atoms with Crippen molar-refractivity contribution < 1.29 is 19.7 Å². The number of aromatic hydroxyl groups is 1. The monoisotopic (exact) mass is 437 g/mol. The molecule has 156 valence electrons. The van der Waals surface area contributed by atoms with E-state index in [4.69, 9.17) is 11.6 Å². The fourth-order valence-electron chi connectivity index (χ4n) is 3.34. The van der Waals surface area contributed by atoms with Gasteiger partial charge in [0.1, 0.15) is 11.7 Å². The van der Waals surface area contributed by atoms with Gasteiger partial charge in [-0.15, -0.1) is 0 Å². The highest BCUT2D eigenvalue weighted by Crippen LogP contribution is 2.24. The van der Waals surface area contributed by atoms with Crippen LogP contribution in [0.3, 0.4) is 0 Å². The first-order valence-electron chi connectivity index (χ1n) is 9.31. The molecule has 0 aliphatic heterocycles. The Bertz CT molecular complexity index is 1330. The van der Waals surface area contributed by atoms with E-state index in [0.717, 1.165) is 5.56 Å². The third kappa shape index (κ3) is 3.86. The van der Waals surface area contributed by atoms with Crippen LogP contribution < -0.4 is 10.1 Å². The van der Waals surface area contributed by atoms with Gasteiger partial charge in [0, 0.05) is 30.4 Å². The summed E-state index contributed by atoms with van der Waals surface area (Å²) in [5, 5.41) is 21.3. The van der Waals surface area contributed by atoms with Crippen molar-refractivity contribution >= 4 is 23.2 Å². The summed E-state index contributed by atoms with van der Waals surface area (Å²) < 4.78 is 3.04. The lowest BCUT2D eigenvalue weighted by Gasteiger charge is -2.11. The van der Waals surface area contributed by atoms with E-state index in [1.807, 2.05) is 0 Å². The van der Waals surface area contributed by atoms with Gasteiger partial charge in [0.05, 0.1) is 6.20 Å². The molecule has 0 aliphatic carbocycles. The van der Waals surface area contributed by atoms with Gasteiger partial charge >= 0.3 is 5.56 Å². The molecule has 0 aliphatic rings. The van der Waals surface area contributed by atoms with Crippen LogP contribution in [0.2, 0.25) is 5.15 Å². The first-order valence-corrected chi connectivity index (χ1v) is 9.68. The summed E-state index contributed by atoms with van der Waals surface area (Å²) in [4.78, 5) is 29.2. The number of benzene rings is 1. The Balaban J connectivity index is 1.89. The Morgan fingerprint density at radius 2 is 1.90 bits per heavy atom. The van der Waals surface area contributed by atoms with E-state index in [9.17, 15) is 19.9 Å². The number of carbonyl (C=O) groups is 1. The number of fused-ring (bicyclic) bond motifs is 1. The minimum Gasteiger partial charge on any atom is -0.477 e. The van der Waals surface area contributed by atoms with Gasteiger partial charge in [0.2, 0.25) is 0 Å². The summed E-state index contributed by atoms with van der Waals surface area (Å²) in [5.41, 5.74) is 1.64. The summed E-state index contributed by atoms with van der Waals surface area (Å²) in [6, 6.07) is 14.7. The molecule has 8 nitrogen and oxygen atoms in total. The zero-order valence-electron chi connectivity index (χ0n) is 16.4. The van der Waals surface area contributed by atoms with Crippen molar-refractivity contribution in [3.63, 3.8) is 0 Å². The van der Waals surface area contributed by atoms with Gasteiger partial charge < -0.3 is 5.11 Å². The van der Waals surface area contributed by atoms with Crippen molar-refractivity contribution in [3.8, 4) is 17.0 Å². The van der Waals surface area contributed by atoms with Gasteiger partial charge in [-0.3, -0.25) is 10.0 Å². The fraction of sp³-hybridized carbons (Fsp3) is 0.0909. The minimum absolute atomic E-state index is 0.0852. The number of pyridine rings is 2. The van der Waals surface area contributed by atoms with Crippen molar-refractivity contribution in [1.29, 1.82) is 0 Å². The topological polar surface area (TPSA) is 99.0 Å². The van der Waals surface area contributed by atoms with Crippen LogP contribution in [-0.2, 0) is 6.54 Å². The van der Waals surface area contributed by atoms with Crippen LogP contribution in [0.25, 0.3) is 16.8 Å². The summed E-state index contributed by atoms with van der Waals surface area (Å²) in [7, 11) is 1.23. The second-order valence-corrected chi connectivity index (χ2v) is 7.30. The van der Waals surface area contributed by atoms with Gasteiger partial charge in [-0.2, -0.15) is 8.97 Å². The lowest BCUT2D eigenvalue weighted by Crippen LogP contribution is -2.41. The normalized spacial score (nSPS) is 10.9. The van der Waals surface area contributed by atoms with Gasteiger partial charge in [-0.1, -0.05) is 35.9 Å². The maximum Gasteiger partial charge on any atom is 0.354 e. The molecule has 0 saturated heterocycles. The number of nitrogens with zero attached hydrogens (tertiary/aromatic N) is 4. The van der Waals surface area contributed by atoms with Crippen LogP contribution in [0.4, 0.5) is 0 Å². The van der Waals surface area contributed by atoms with Crippen molar-refractivity contribution in [2.45, 2.75) is 6.54 Å². The quantitative estimate of drug-likeness (QED) is 0.221. The number of halogens is 1. The number of hydroxylamine groups is 2. The molecule has 1 aromatic carbocycles. The molecular weight excluding hydrogens is 420 g/mol. The first-order chi connectivity index (χ1) is 14.9. The molecule has 0 atom stereocenters. The van der Waals surface area contributed by atoms with Crippen molar-refractivity contribution in [2.75, 3.05) is 7.05 Å². The highest BCUT2D eigenvalue weighted by Gasteiger charge is 2.25. The predicted octanol–water partition coefficient (Wildman–Crippen LogP) is 2.52. The van der Waals surface area contributed by atoms with Crippen LogP contribution in [0, 0.1) is 0 Å². The fourth-order valence-corrected chi connectivity index (χ4v) is 3.45. The summed E-state index contributed by atoms with van der Waals surface area (Å²) in [6.45, 7) is 0.253. The number of hydrogen-bond donors (Lipinski definition) is 2. The van der Waals surface area contributed by atoms with E-state index in [0.29, 0.717) is 21.4 Å². The molecule has 3 heterocycles. The first kappa shape index (κ1) is 20.5. The Kier molecular flexibility index (Phi) is 5.41. The van der Waals surface area contributed by atoms with E-state index in [1.165, 1.54) is 23.6 Å². The molecule has 4 rings (SSSR count).